The number of methoxy groups -OCH3 is 1. The van der Waals surface area contributed by atoms with E-state index >= 15 is 0 Å². The number of rotatable bonds is 3. The highest BCUT2D eigenvalue weighted by molar-refractivity contribution is 9.10. The summed E-state index contributed by atoms with van der Waals surface area (Å²) < 4.78 is 6.08. The van der Waals surface area contributed by atoms with Crippen LogP contribution in [0.3, 0.4) is 0 Å². The topological polar surface area (TPSA) is 26.3 Å². The number of hydrogen-bond donors (Lipinski definition) is 0. The van der Waals surface area contributed by atoms with Crippen LogP contribution in [0.15, 0.2) is 22.7 Å². The average Bonchev–Trinajstić information content (AvgIpc) is 3.00. The van der Waals surface area contributed by atoms with Crippen LogP contribution in [0.2, 0.25) is 0 Å². The quantitative estimate of drug-likeness (QED) is 0.776. The van der Waals surface area contributed by atoms with Gasteiger partial charge in [-0.3, -0.25) is 4.79 Å². The minimum Gasteiger partial charge on any atom is -0.496 e. The van der Waals surface area contributed by atoms with Gasteiger partial charge in [0.1, 0.15) is 5.75 Å². The Labute approximate surface area is 91.4 Å². The molecule has 1 saturated carbocycles. The van der Waals surface area contributed by atoms with E-state index in [1.807, 2.05) is 18.2 Å². The second-order valence-electron chi connectivity index (χ2n) is 3.48. The molecule has 1 aliphatic carbocycles. The molecule has 0 unspecified atom stereocenters. The van der Waals surface area contributed by atoms with E-state index in [0.717, 1.165) is 17.3 Å². The molecule has 0 radical (unpaired) electrons. The number of hydrogen-bond acceptors (Lipinski definition) is 2. The first-order chi connectivity index (χ1) is 6.72. The van der Waals surface area contributed by atoms with Gasteiger partial charge in [0.15, 0.2) is 5.78 Å². The Morgan fingerprint density at radius 3 is 2.79 bits per heavy atom. The molecule has 0 spiro atoms. The Kier molecular flexibility index (Phi) is 2.59. The Morgan fingerprint density at radius 1 is 1.50 bits per heavy atom. The van der Waals surface area contributed by atoms with Crippen molar-refractivity contribution in [3.63, 3.8) is 0 Å². The fourth-order valence-corrected chi connectivity index (χ4v) is 1.80. The highest BCUT2D eigenvalue weighted by atomic mass is 79.9. The third kappa shape index (κ3) is 1.82. The van der Waals surface area contributed by atoms with Gasteiger partial charge in [-0.25, -0.2) is 0 Å². The molecule has 1 aliphatic rings. The van der Waals surface area contributed by atoms with Gasteiger partial charge in [0, 0.05) is 10.4 Å². The van der Waals surface area contributed by atoms with Crippen molar-refractivity contribution in [1.29, 1.82) is 0 Å². The van der Waals surface area contributed by atoms with Crippen molar-refractivity contribution in [3.05, 3.63) is 28.2 Å². The lowest BCUT2D eigenvalue weighted by atomic mass is 10.1. The molecule has 3 heteroatoms. The number of carbonyl (C=O) groups is 1. The molecule has 0 N–H and O–H groups in total. The first-order valence-corrected chi connectivity index (χ1v) is 5.39. The van der Waals surface area contributed by atoms with E-state index in [4.69, 9.17) is 4.74 Å². The molecule has 0 saturated heterocycles. The van der Waals surface area contributed by atoms with Gasteiger partial charge in [0.2, 0.25) is 0 Å². The van der Waals surface area contributed by atoms with Gasteiger partial charge in [-0.15, -0.1) is 0 Å². The molecule has 2 nitrogen and oxygen atoms in total. The maximum atomic E-state index is 11.8. The molecule has 0 heterocycles. The summed E-state index contributed by atoms with van der Waals surface area (Å²) in [5.41, 5.74) is 0.698. The molecule has 74 valence electrons. The summed E-state index contributed by atoms with van der Waals surface area (Å²) in [5.74, 6) is 1.12. The second-order valence-corrected chi connectivity index (χ2v) is 4.40. The lowest BCUT2D eigenvalue weighted by Gasteiger charge is -2.07. The van der Waals surface area contributed by atoms with Crippen LogP contribution in [0.4, 0.5) is 0 Å². The summed E-state index contributed by atoms with van der Waals surface area (Å²) in [4.78, 5) is 11.8. The lowest BCUT2D eigenvalue weighted by molar-refractivity contribution is 0.0964. The highest BCUT2D eigenvalue weighted by Crippen LogP contribution is 2.36. The van der Waals surface area contributed by atoms with E-state index in [9.17, 15) is 4.79 Å². The molecular weight excluding hydrogens is 244 g/mol. The van der Waals surface area contributed by atoms with Crippen LogP contribution in [-0.4, -0.2) is 12.9 Å². The van der Waals surface area contributed by atoms with Crippen LogP contribution in [-0.2, 0) is 0 Å². The first kappa shape index (κ1) is 9.71. The molecular formula is C11H11BrO2. The van der Waals surface area contributed by atoms with Crippen molar-refractivity contribution < 1.29 is 9.53 Å². The smallest absolute Gasteiger partial charge is 0.169 e. The number of Topliss-reactive ketones (excluding diaryl/α,β-unsaturated/α-hetero) is 1. The van der Waals surface area contributed by atoms with E-state index < -0.39 is 0 Å². The van der Waals surface area contributed by atoms with Gasteiger partial charge in [0.05, 0.1) is 12.7 Å². The van der Waals surface area contributed by atoms with Crippen molar-refractivity contribution in [2.75, 3.05) is 7.11 Å². The average molecular weight is 255 g/mol. The molecule has 2 rings (SSSR count). The predicted molar refractivity (Wildman–Crippen MR) is 57.7 cm³/mol. The molecule has 1 fully saturated rings. The van der Waals surface area contributed by atoms with Gasteiger partial charge < -0.3 is 4.74 Å². The maximum absolute atomic E-state index is 11.8. The normalized spacial score (nSPS) is 15.3. The lowest BCUT2D eigenvalue weighted by Crippen LogP contribution is -2.03. The number of benzene rings is 1. The SMILES string of the molecule is COc1ccc(Br)cc1C(=O)C1CC1. The van der Waals surface area contributed by atoms with E-state index in [1.165, 1.54) is 0 Å². The monoisotopic (exact) mass is 254 g/mol. The van der Waals surface area contributed by atoms with Gasteiger partial charge in [-0.1, -0.05) is 15.9 Å². The highest BCUT2D eigenvalue weighted by Gasteiger charge is 2.32. The van der Waals surface area contributed by atoms with Gasteiger partial charge in [0.25, 0.3) is 0 Å². The number of ketones is 1. The van der Waals surface area contributed by atoms with Crippen LogP contribution >= 0.6 is 15.9 Å². The van der Waals surface area contributed by atoms with Gasteiger partial charge in [-0.2, -0.15) is 0 Å². The van der Waals surface area contributed by atoms with Crippen LogP contribution in [0.25, 0.3) is 0 Å². The number of carbonyl (C=O) groups excluding carboxylic acids is 1. The fraction of sp³-hybridized carbons (Fsp3) is 0.364. The zero-order valence-electron chi connectivity index (χ0n) is 7.92. The van der Waals surface area contributed by atoms with E-state index in [1.54, 1.807) is 7.11 Å². The molecule has 0 atom stereocenters. The maximum Gasteiger partial charge on any atom is 0.169 e. The van der Waals surface area contributed by atoms with E-state index in [2.05, 4.69) is 15.9 Å². The van der Waals surface area contributed by atoms with Crippen molar-refractivity contribution >= 4 is 21.7 Å². The molecule has 0 bridgehead atoms. The van der Waals surface area contributed by atoms with Crippen molar-refractivity contribution in [1.82, 2.24) is 0 Å². The summed E-state index contributed by atoms with van der Waals surface area (Å²) in [6, 6.07) is 5.53. The van der Waals surface area contributed by atoms with E-state index in [-0.39, 0.29) is 11.7 Å². The van der Waals surface area contributed by atoms with Crippen molar-refractivity contribution in [2.24, 2.45) is 5.92 Å². The van der Waals surface area contributed by atoms with Gasteiger partial charge in [-0.05, 0) is 31.0 Å². The van der Waals surface area contributed by atoms with Crippen LogP contribution in [0.5, 0.6) is 5.75 Å². The molecule has 1 aromatic carbocycles. The summed E-state index contributed by atoms with van der Waals surface area (Å²) >= 11 is 3.36. The zero-order chi connectivity index (χ0) is 10.1. The van der Waals surface area contributed by atoms with Gasteiger partial charge >= 0.3 is 0 Å². The summed E-state index contributed by atoms with van der Waals surface area (Å²) in [5, 5.41) is 0. The number of halogens is 1. The molecule has 1 aromatic rings. The number of ether oxygens (including phenoxy) is 1. The standard InChI is InChI=1S/C11H11BrO2/c1-14-10-5-4-8(12)6-9(10)11(13)7-2-3-7/h4-7H,2-3H2,1H3. The summed E-state index contributed by atoms with van der Waals surface area (Å²) in [6.07, 6.45) is 2.04. The Hall–Kier alpha value is -0.830. The Balaban J connectivity index is 2.37. The molecule has 0 aliphatic heterocycles. The third-order valence-electron chi connectivity index (χ3n) is 2.38. The summed E-state index contributed by atoms with van der Waals surface area (Å²) in [7, 11) is 1.59. The van der Waals surface area contributed by atoms with Crippen molar-refractivity contribution in [2.45, 2.75) is 12.8 Å². The third-order valence-corrected chi connectivity index (χ3v) is 2.87. The Bertz CT molecular complexity index is 370. The second kappa shape index (κ2) is 3.73. The van der Waals surface area contributed by atoms with Crippen LogP contribution < -0.4 is 4.74 Å². The first-order valence-electron chi connectivity index (χ1n) is 4.60. The zero-order valence-corrected chi connectivity index (χ0v) is 9.50. The van der Waals surface area contributed by atoms with Crippen molar-refractivity contribution in [3.8, 4) is 5.75 Å². The van der Waals surface area contributed by atoms with Crippen LogP contribution in [0, 0.1) is 5.92 Å². The summed E-state index contributed by atoms with van der Waals surface area (Å²) in [6.45, 7) is 0. The Morgan fingerprint density at radius 2 is 2.21 bits per heavy atom. The molecule has 14 heavy (non-hydrogen) atoms. The largest absolute Gasteiger partial charge is 0.496 e. The van der Waals surface area contributed by atoms with Crippen LogP contribution in [0.1, 0.15) is 23.2 Å². The minimum absolute atomic E-state index is 0.211. The molecule has 0 aromatic heterocycles. The van der Waals surface area contributed by atoms with E-state index in [0.29, 0.717) is 11.3 Å². The fourth-order valence-electron chi connectivity index (χ4n) is 1.44. The molecule has 0 amide bonds. The predicted octanol–water partition coefficient (Wildman–Crippen LogP) is 3.05. The minimum atomic E-state index is 0.211.